The van der Waals surface area contributed by atoms with Gasteiger partial charge in [-0.05, 0) is 53.9 Å². The van der Waals surface area contributed by atoms with Gasteiger partial charge >= 0.3 is 0 Å². The van der Waals surface area contributed by atoms with E-state index in [0.29, 0.717) is 22.9 Å². The standard InChI is InChI=1S/C33H31ClO4/c1-23-29(14-9-15-31(23)34)33(36)24(2)30(22-37-21-26-10-5-3-6-11-26)32(35)20-25-16-18-28(19-17-25)38-27-12-7-4-8-13-27/h3-19,24,30H,20-22H2,1-2H3. The van der Waals surface area contributed by atoms with E-state index in [9.17, 15) is 9.59 Å². The summed E-state index contributed by atoms with van der Waals surface area (Å²) in [6.45, 7) is 4.14. The van der Waals surface area contributed by atoms with Gasteiger partial charge in [0.05, 0.1) is 19.1 Å². The average molecular weight is 527 g/mol. The highest BCUT2D eigenvalue weighted by molar-refractivity contribution is 6.31. The van der Waals surface area contributed by atoms with Crippen molar-refractivity contribution in [2.24, 2.45) is 11.8 Å². The van der Waals surface area contributed by atoms with Crippen molar-refractivity contribution in [3.05, 3.63) is 130 Å². The Kier molecular flexibility index (Phi) is 9.47. The summed E-state index contributed by atoms with van der Waals surface area (Å²) in [6, 6.07) is 32.0. The minimum Gasteiger partial charge on any atom is -0.457 e. The van der Waals surface area contributed by atoms with E-state index >= 15 is 0 Å². The van der Waals surface area contributed by atoms with Gasteiger partial charge in [0.1, 0.15) is 17.3 Å². The lowest BCUT2D eigenvalue weighted by molar-refractivity contribution is -0.125. The Hall–Kier alpha value is -3.73. The summed E-state index contributed by atoms with van der Waals surface area (Å²) in [7, 11) is 0. The first-order chi connectivity index (χ1) is 18.4. The van der Waals surface area contributed by atoms with Gasteiger partial charge in [-0.25, -0.2) is 0 Å². The highest BCUT2D eigenvalue weighted by atomic mass is 35.5. The van der Waals surface area contributed by atoms with Crippen LogP contribution in [0, 0.1) is 18.8 Å². The minimum absolute atomic E-state index is 0.0460. The van der Waals surface area contributed by atoms with Crippen LogP contribution >= 0.6 is 11.6 Å². The molecule has 38 heavy (non-hydrogen) atoms. The highest BCUT2D eigenvalue weighted by Gasteiger charge is 2.31. The lowest BCUT2D eigenvalue weighted by Gasteiger charge is -2.23. The zero-order valence-corrected chi connectivity index (χ0v) is 22.4. The summed E-state index contributed by atoms with van der Waals surface area (Å²) >= 11 is 6.27. The molecule has 0 saturated carbocycles. The molecule has 0 N–H and O–H groups in total. The van der Waals surface area contributed by atoms with Crippen molar-refractivity contribution < 1.29 is 19.1 Å². The molecule has 4 rings (SSSR count). The maximum atomic E-state index is 13.6. The second-order valence-electron chi connectivity index (χ2n) is 9.37. The normalized spacial score (nSPS) is 12.5. The summed E-state index contributed by atoms with van der Waals surface area (Å²) < 4.78 is 11.8. The zero-order chi connectivity index (χ0) is 26.9. The fourth-order valence-corrected chi connectivity index (χ4v) is 4.50. The monoisotopic (exact) mass is 526 g/mol. The molecule has 2 atom stereocenters. The minimum atomic E-state index is -0.607. The van der Waals surface area contributed by atoms with Crippen LogP contribution in [0.15, 0.2) is 103 Å². The lowest BCUT2D eigenvalue weighted by Crippen LogP contribution is -2.33. The molecule has 4 aromatic carbocycles. The third-order valence-corrected chi connectivity index (χ3v) is 7.06. The third-order valence-electron chi connectivity index (χ3n) is 6.65. The van der Waals surface area contributed by atoms with Crippen LogP contribution < -0.4 is 4.74 Å². The molecule has 0 aliphatic heterocycles. The second-order valence-corrected chi connectivity index (χ2v) is 9.78. The van der Waals surface area contributed by atoms with Crippen LogP contribution in [-0.2, 0) is 22.6 Å². The van der Waals surface area contributed by atoms with E-state index in [0.717, 1.165) is 22.4 Å². The SMILES string of the molecule is Cc1c(Cl)cccc1C(=O)C(C)C(COCc1ccccc1)C(=O)Cc1ccc(Oc2ccccc2)cc1. The Bertz CT molecular complexity index is 1350. The van der Waals surface area contributed by atoms with Gasteiger partial charge < -0.3 is 9.47 Å². The maximum absolute atomic E-state index is 13.6. The molecule has 0 bridgehead atoms. The van der Waals surface area contributed by atoms with Crippen molar-refractivity contribution in [1.82, 2.24) is 0 Å². The number of hydrogen-bond acceptors (Lipinski definition) is 4. The van der Waals surface area contributed by atoms with E-state index in [1.54, 1.807) is 25.1 Å². The van der Waals surface area contributed by atoms with E-state index in [1.807, 2.05) is 91.9 Å². The van der Waals surface area contributed by atoms with Crippen LogP contribution in [-0.4, -0.2) is 18.2 Å². The Labute approximate surface area is 229 Å². The average Bonchev–Trinajstić information content (AvgIpc) is 2.94. The highest BCUT2D eigenvalue weighted by Crippen LogP contribution is 2.27. The Morgan fingerprint density at radius 1 is 0.763 bits per heavy atom. The number of hydrogen-bond donors (Lipinski definition) is 0. The molecule has 0 fully saturated rings. The largest absolute Gasteiger partial charge is 0.457 e. The molecule has 0 aromatic heterocycles. The van der Waals surface area contributed by atoms with Gasteiger partial charge in [0.25, 0.3) is 0 Å². The number of Topliss-reactive ketones (excluding diaryl/α,β-unsaturated/α-hetero) is 2. The van der Waals surface area contributed by atoms with Gasteiger partial charge in [-0.3, -0.25) is 9.59 Å². The van der Waals surface area contributed by atoms with Crippen molar-refractivity contribution in [2.45, 2.75) is 26.9 Å². The predicted molar refractivity (Wildman–Crippen MR) is 151 cm³/mol. The number of para-hydroxylation sites is 1. The van der Waals surface area contributed by atoms with E-state index in [-0.39, 0.29) is 24.6 Å². The molecular weight excluding hydrogens is 496 g/mol. The van der Waals surface area contributed by atoms with E-state index < -0.39 is 11.8 Å². The molecule has 0 aliphatic carbocycles. The smallest absolute Gasteiger partial charge is 0.166 e. The second kappa shape index (κ2) is 13.2. The topological polar surface area (TPSA) is 52.6 Å². The van der Waals surface area contributed by atoms with Gasteiger partial charge in [0, 0.05) is 22.9 Å². The van der Waals surface area contributed by atoms with Gasteiger partial charge in [0.15, 0.2) is 5.78 Å². The van der Waals surface area contributed by atoms with Crippen molar-refractivity contribution in [3.8, 4) is 11.5 Å². The molecule has 0 saturated heterocycles. The first kappa shape index (κ1) is 27.3. The van der Waals surface area contributed by atoms with Crippen LogP contribution in [0.25, 0.3) is 0 Å². The van der Waals surface area contributed by atoms with E-state index in [1.165, 1.54) is 0 Å². The number of carbonyl (C=O) groups excluding carboxylic acids is 2. The van der Waals surface area contributed by atoms with Crippen LogP contribution in [0.2, 0.25) is 5.02 Å². The summed E-state index contributed by atoms with van der Waals surface area (Å²) in [5, 5.41) is 0.532. The molecule has 0 amide bonds. The molecular formula is C33H31ClO4. The molecule has 0 spiro atoms. The summed E-state index contributed by atoms with van der Waals surface area (Å²) in [5.41, 5.74) is 3.11. The molecule has 5 heteroatoms. The van der Waals surface area contributed by atoms with Crippen molar-refractivity contribution in [3.63, 3.8) is 0 Å². The van der Waals surface area contributed by atoms with Crippen molar-refractivity contribution in [1.29, 1.82) is 0 Å². The van der Waals surface area contributed by atoms with Crippen molar-refractivity contribution in [2.75, 3.05) is 6.61 Å². The van der Waals surface area contributed by atoms with E-state index in [4.69, 9.17) is 21.1 Å². The number of benzene rings is 4. The summed E-state index contributed by atoms with van der Waals surface area (Å²) in [4.78, 5) is 27.1. The summed E-state index contributed by atoms with van der Waals surface area (Å²) in [6.07, 6.45) is 0.192. The molecule has 0 radical (unpaired) electrons. The molecule has 2 unspecified atom stereocenters. The molecule has 0 aliphatic rings. The molecule has 194 valence electrons. The Balaban J connectivity index is 1.48. The number of ether oxygens (including phenoxy) is 2. The van der Waals surface area contributed by atoms with Crippen LogP contribution in [0.1, 0.15) is 34.0 Å². The van der Waals surface area contributed by atoms with E-state index in [2.05, 4.69) is 0 Å². The molecule has 4 nitrogen and oxygen atoms in total. The lowest BCUT2D eigenvalue weighted by atomic mass is 9.82. The molecule has 0 heterocycles. The van der Waals surface area contributed by atoms with Crippen LogP contribution in [0.4, 0.5) is 0 Å². The number of rotatable bonds is 12. The number of ketones is 2. The number of carbonyl (C=O) groups is 2. The Morgan fingerprint density at radius 2 is 1.39 bits per heavy atom. The van der Waals surface area contributed by atoms with Crippen molar-refractivity contribution >= 4 is 23.2 Å². The number of halogens is 1. The Morgan fingerprint density at radius 3 is 2.08 bits per heavy atom. The maximum Gasteiger partial charge on any atom is 0.166 e. The summed E-state index contributed by atoms with van der Waals surface area (Å²) in [5.74, 6) is 0.0975. The zero-order valence-electron chi connectivity index (χ0n) is 21.6. The van der Waals surface area contributed by atoms with Gasteiger partial charge in [-0.2, -0.15) is 0 Å². The van der Waals surface area contributed by atoms with Gasteiger partial charge in [-0.1, -0.05) is 91.3 Å². The third kappa shape index (κ3) is 7.18. The molecule has 4 aromatic rings. The van der Waals surface area contributed by atoms with Crippen LogP contribution in [0.3, 0.4) is 0 Å². The van der Waals surface area contributed by atoms with Crippen LogP contribution in [0.5, 0.6) is 11.5 Å². The fourth-order valence-electron chi connectivity index (χ4n) is 4.33. The predicted octanol–water partition coefficient (Wildman–Crippen LogP) is 7.90. The quantitative estimate of drug-likeness (QED) is 0.176. The first-order valence-electron chi connectivity index (χ1n) is 12.7. The van der Waals surface area contributed by atoms with Gasteiger partial charge in [0.2, 0.25) is 0 Å². The van der Waals surface area contributed by atoms with Gasteiger partial charge in [-0.15, -0.1) is 0 Å². The fraction of sp³-hybridized carbons (Fsp3) is 0.212. The first-order valence-corrected chi connectivity index (χ1v) is 13.1.